The van der Waals surface area contributed by atoms with Crippen LogP contribution in [0.25, 0.3) is 0 Å². The Morgan fingerprint density at radius 1 is 1.38 bits per heavy atom. The normalized spacial score (nSPS) is 25.7. The van der Waals surface area contributed by atoms with Gasteiger partial charge in [-0.15, -0.1) is 0 Å². The van der Waals surface area contributed by atoms with Crippen LogP contribution in [0.2, 0.25) is 0 Å². The van der Waals surface area contributed by atoms with Crippen molar-refractivity contribution in [1.82, 2.24) is 4.90 Å². The molecule has 0 aromatic rings. The summed E-state index contributed by atoms with van der Waals surface area (Å²) in [5.74, 6) is 0.623. The molecule has 0 amide bonds. The van der Waals surface area contributed by atoms with E-state index in [0.717, 1.165) is 13.0 Å². The first-order chi connectivity index (χ1) is 5.99. The summed E-state index contributed by atoms with van der Waals surface area (Å²) in [6.07, 6.45) is 0.944. The van der Waals surface area contributed by atoms with Crippen molar-refractivity contribution in [1.29, 1.82) is 0 Å². The molecule has 5 heteroatoms. The quantitative estimate of drug-likeness (QED) is 0.673. The van der Waals surface area contributed by atoms with Gasteiger partial charge in [-0.3, -0.25) is 0 Å². The standard InChI is InChI=1S/C8H18N2O2S/c1-8(9)2-3-10-4-6-13(11,12)7-5-10/h8H,2-7,9H2,1H3. The molecule has 78 valence electrons. The maximum Gasteiger partial charge on any atom is 0.152 e. The third kappa shape index (κ3) is 4.06. The fraction of sp³-hybridized carbons (Fsp3) is 1.00. The molecule has 1 atom stereocenters. The van der Waals surface area contributed by atoms with E-state index in [9.17, 15) is 8.42 Å². The Labute approximate surface area is 80.0 Å². The van der Waals surface area contributed by atoms with Crippen LogP contribution in [0.15, 0.2) is 0 Å². The Kier molecular flexibility index (Phi) is 3.70. The predicted molar refractivity (Wildman–Crippen MR) is 53.4 cm³/mol. The summed E-state index contributed by atoms with van der Waals surface area (Å²) >= 11 is 0. The van der Waals surface area contributed by atoms with Gasteiger partial charge in [-0.2, -0.15) is 0 Å². The van der Waals surface area contributed by atoms with Crippen molar-refractivity contribution < 1.29 is 8.42 Å². The van der Waals surface area contributed by atoms with Crippen molar-refractivity contribution in [3.8, 4) is 0 Å². The predicted octanol–water partition coefficient (Wildman–Crippen LogP) is -0.546. The zero-order valence-corrected chi connectivity index (χ0v) is 8.89. The summed E-state index contributed by atoms with van der Waals surface area (Å²) in [5.41, 5.74) is 5.62. The molecule has 0 saturated carbocycles. The summed E-state index contributed by atoms with van der Waals surface area (Å²) in [6.45, 7) is 4.25. The minimum absolute atomic E-state index is 0.207. The topological polar surface area (TPSA) is 63.4 Å². The average molecular weight is 206 g/mol. The number of sulfone groups is 1. The molecular formula is C8H18N2O2S. The van der Waals surface area contributed by atoms with Crippen molar-refractivity contribution >= 4 is 9.84 Å². The first-order valence-electron chi connectivity index (χ1n) is 4.68. The van der Waals surface area contributed by atoms with Gasteiger partial charge in [-0.25, -0.2) is 8.42 Å². The molecule has 0 spiro atoms. The lowest BCUT2D eigenvalue weighted by molar-refractivity contribution is 0.285. The van der Waals surface area contributed by atoms with E-state index in [1.165, 1.54) is 0 Å². The van der Waals surface area contributed by atoms with E-state index < -0.39 is 9.84 Å². The van der Waals surface area contributed by atoms with E-state index in [-0.39, 0.29) is 6.04 Å². The van der Waals surface area contributed by atoms with Crippen molar-refractivity contribution in [2.75, 3.05) is 31.1 Å². The van der Waals surface area contributed by atoms with Gasteiger partial charge in [0, 0.05) is 19.1 Å². The second-order valence-corrected chi connectivity index (χ2v) is 6.06. The highest BCUT2D eigenvalue weighted by atomic mass is 32.2. The number of nitrogens with zero attached hydrogens (tertiary/aromatic N) is 1. The van der Waals surface area contributed by atoms with Gasteiger partial charge in [-0.1, -0.05) is 0 Å². The van der Waals surface area contributed by atoms with Crippen LogP contribution in [0.1, 0.15) is 13.3 Å². The van der Waals surface area contributed by atoms with Crippen molar-refractivity contribution in [2.24, 2.45) is 5.73 Å². The van der Waals surface area contributed by atoms with Crippen LogP contribution in [0, 0.1) is 0 Å². The number of nitrogens with two attached hydrogens (primary N) is 1. The summed E-state index contributed by atoms with van der Waals surface area (Å²) in [7, 11) is -2.73. The molecular weight excluding hydrogens is 188 g/mol. The van der Waals surface area contributed by atoms with Crippen LogP contribution in [0.5, 0.6) is 0 Å². The molecule has 0 aromatic heterocycles. The van der Waals surface area contributed by atoms with Gasteiger partial charge in [-0.05, 0) is 19.9 Å². The summed E-state index contributed by atoms with van der Waals surface area (Å²) in [5, 5.41) is 0. The molecule has 0 radical (unpaired) electrons. The zero-order valence-electron chi connectivity index (χ0n) is 8.07. The van der Waals surface area contributed by atoms with E-state index in [4.69, 9.17) is 5.73 Å². The highest BCUT2D eigenvalue weighted by molar-refractivity contribution is 7.91. The SMILES string of the molecule is CC(N)CCN1CCS(=O)(=O)CC1. The highest BCUT2D eigenvalue weighted by Crippen LogP contribution is 2.04. The van der Waals surface area contributed by atoms with Gasteiger partial charge in [0.25, 0.3) is 0 Å². The fourth-order valence-corrected chi connectivity index (χ4v) is 2.64. The van der Waals surface area contributed by atoms with E-state index in [0.29, 0.717) is 24.6 Å². The Morgan fingerprint density at radius 2 is 1.92 bits per heavy atom. The lowest BCUT2D eigenvalue weighted by atomic mass is 10.2. The van der Waals surface area contributed by atoms with E-state index in [1.807, 2.05) is 6.92 Å². The lowest BCUT2D eigenvalue weighted by Crippen LogP contribution is -2.41. The van der Waals surface area contributed by atoms with Crippen molar-refractivity contribution in [3.63, 3.8) is 0 Å². The van der Waals surface area contributed by atoms with Crippen LogP contribution in [-0.2, 0) is 9.84 Å². The smallest absolute Gasteiger partial charge is 0.152 e. The number of rotatable bonds is 3. The first-order valence-corrected chi connectivity index (χ1v) is 6.50. The van der Waals surface area contributed by atoms with Gasteiger partial charge in [0.05, 0.1) is 11.5 Å². The molecule has 1 heterocycles. The molecule has 1 saturated heterocycles. The van der Waals surface area contributed by atoms with Gasteiger partial charge >= 0.3 is 0 Å². The number of hydrogen-bond donors (Lipinski definition) is 1. The van der Waals surface area contributed by atoms with Gasteiger partial charge in [0.2, 0.25) is 0 Å². The van der Waals surface area contributed by atoms with Gasteiger partial charge in [0.1, 0.15) is 0 Å². The molecule has 2 N–H and O–H groups in total. The Hall–Kier alpha value is -0.130. The second-order valence-electron chi connectivity index (χ2n) is 3.76. The average Bonchev–Trinajstić information content (AvgIpc) is 2.02. The van der Waals surface area contributed by atoms with Crippen molar-refractivity contribution in [2.45, 2.75) is 19.4 Å². The molecule has 1 aliphatic rings. The molecule has 0 aromatic carbocycles. The second kappa shape index (κ2) is 4.39. The molecule has 4 nitrogen and oxygen atoms in total. The molecule has 1 rings (SSSR count). The Morgan fingerprint density at radius 3 is 2.38 bits per heavy atom. The number of hydrogen-bond acceptors (Lipinski definition) is 4. The maximum atomic E-state index is 11.1. The van der Waals surface area contributed by atoms with E-state index >= 15 is 0 Å². The molecule has 1 fully saturated rings. The van der Waals surface area contributed by atoms with Crippen LogP contribution in [0.4, 0.5) is 0 Å². The Balaban J connectivity index is 2.26. The van der Waals surface area contributed by atoms with E-state index in [1.54, 1.807) is 0 Å². The monoisotopic (exact) mass is 206 g/mol. The third-order valence-electron chi connectivity index (χ3n) is 2.34. The lowest BCUT2D eigenvalue weighted by Gasteiger charge is -2.26. The van der Waals surface area contributed by atoms with Crippen LogP contribution in [0.3, 0.4) is 0 Å². The van der Waals surface area contributed by atoms with Crippen LogP contribution >= 0.6 is 0 Å². The summed E-state index contributed by atoms with van der Waals surface area (Å²) in [6, 6.07) is 0.207. The molecule has 13 heavy (non-hydrogen) atoms. The first kappa shape index (κ1) is 10.9. The van der Waals surface area contributed by atoms with Crippen LogP contribution < -0.4 is 5.73 Å². The molecule has 0 bridgehead atoms. The van der Waals surface area contributed by atoms with E-state index in [2.05, 4.69) is 4.90 Å². The van der Waals surface area contributed by atoms with Crippen LogP contribution in [-0.4, -0.2) is 50.5 Å². The fourth-order valence-electron chi connectivity index (χ4n) is 1.36. The Bertz CT molecular complexity index is 235. The maximum absolute atomic E-state index is 11.1. The molecule has 1 unspecified atom stereocenters. The minimum atomic E-state index is -2.73. The highest BCUT2D eigenvalue weighted by Gasteiger charge is 2.20. The summed E-state index contributed by atoms with van der Waals surface area (Å²) in [4.78, 5) is 2.17. The van der Waals surface area contributed by atoms with Crippen molar-refractivity contribution in [3.05, 3.63) is 0 Å². The largest absolute Gasteiger partial charge is 0.328 e. The molecule has 0 aliphatic carbocycles. The minimum Gasteiger partial charge on any atom is -0.328 e. The third-order valence-corrected chi connectivity index (χ3v) is 3.95. The van der Waals surface area contributed by atoms with Gasteiger partial charge < -0.3 is 10.6 Å². The van der Waals surface area contributed by atoms with Gasteiger partial charge in [0.15, 0.2) is 9.84 Å². The molecule has 1 aliphatic heterocycles. The zero-order chi connectivity index (χ0) is 9.90. The summed E-state index contributed by atoms with van der Waals surface area (Å²) < 4.78 is 22.2.